The Bertz CT molecular complexity index is 1130. The van der Waals surface area contributed by atoms with E-state index in [1.165, 1.54) is 0 Å². The second-order valence-electron chi connectivity index (χ2n) is 7.36. The van der Waals surface area contributed by atoms with Crippen molar-refractivity contribution in [1.29, 1.82) is 0 Å². The van der Waals surface area contributed by atoms with E-state index >= 15 is 0 Å². The minimum absolute atomic E-state index is 0.166. The number of aryl methyl sites for hydroxylation is 3. The molecule has 1 amide bonds. The van der Waals surface area contributed by atoms with Crippen LogP contribution in [0.5, 0.6) is 5.75 Å². The molecule has 0 fully saturated rings. The third-order valence-corrected chi connectivity index (χ3v) is 5.04. The summed E-state index contributed by atoms with van der Waals surface area (Å²) in [5, 5.41) is 20.4. The average Bonchev–Trinajstić information content (AvgIpc) is 3.03. The molecular weight excluding hydrogens is 366 g/mol. The van der Waals surface area contributed by atoms with Crippen LogP contribution < -0.4 is 10.6 Å². The summed E-state index contributed by atoms with van der Waals surface area (Å²) >= 11 is 0. The fourth-order valence-corrected chi connectivity index (χ4v) is 3.66. The minimum atomic E-state index is -0.459. The predicted octanol–water partition coefficient (Wildman–Crippen LogP) is 3.84. The van der Waals surface area contributed by atoms with E-state index in [1.54, 1.807) is 28.9 Å². The molecule has 1 aliphatic heterocycles. The van der Waals surface area contributed by atoms with Gasteiger partial charge in [0.2, 0.25) is 5.95 Å². The fourth-order valence-electron chi connectivity index (χ4n) is 3.66. The van der Waals surface area contributed by atoms with Gasteiger partial charge in [0, 0.05) is 11.4 Å². The van der Waals surface area contributed by atoms with Crippen LogP contribution in [0, 0.1) is 20.8 Å². The first-order valence-electron chi connectivity index (χ1n) is 9.42. The van der Waals surface area contributed by atoms with Gasteiger partial charge in [0.15, 0.2) is 0 Å². The lowest BCUT2D eigenvalue weighted by Crippen LogP contribution is -2.31. The number of nitrogens with zero attached hydrogens (tertiary/aromatic N) is 3. The lowest BCUT2D eigenvalue weighted by atomic mass is 9.95. The molecule has 2 aromatic carbocycles. The number of fused-ring (bicyclic) bond motifs is 1. The van der Waals surface area contributed by atoms with Crippen molar-refractivity contribution >= 4 is 17.5 Å². The van der Waals surface area contributed by atoms with Crippen LogP contribution in [-0.2, 0) is 4.79 Å². The number of hydrogen-bond acceptors (Lipinski definition) is 5. The Morgan fingerprint density at radius 2 is 1.83 bits per heavy atom. The topological polar surface area (TPSA) is 92.1 Å². The summed E-state index contributed by atoms with van der Waals surface area (Å²) in [4.78, 5) is 17.8. The second kappa shape index (κ2) is 7.09. The number of anilines is 2. The van der Waals surface area contributed by atoms with Crippen molar-refractivity contribution in [2.24, 2.45) is 0 Å². The Kier molecular flexibility index (Phi) is 4.58. The molecule has 29 heavy (non-hydrogen) atoms. The van der Waals surface area contributed by atoms with E-state index in [9.17, 15) is 9.90 Å². The van der Waals surface area contributed by atoms with E-state index in [1.807, 2.05) is 45.9 Å². The van der Waals surface area contributed by atoms with E-state index in [0.29, 0.717) is 23.0 Å². The largest absolute Gasteiger partial charge is 0.508 e. The molecule has 0 radical (unpaired) electrons. The third kappa shape index (κ3) is 3.47. The first-order valence-corrected chi connectivity index (χ1v) is 9.42. The predicted molar refractivity (Wildman–Crippen MR) is 112 cm³/mol. The Balaban J connectivity index is 1.78. The quantitative estimate of drug-likeness (QED) is 0.633. The molecule has 0 aliphatic carbocycles. The van der Waals surface area contributed by atoms with Crippen molar-refractivity contribution in [1.82, 2.24) is 14.8 Å². The van der Waals surface area contributed by atoms with Gasteiger partial charge in [0.05, 0.1) is 5.57 Å². The zero-order chi connectivity index (χ0) is 20.7. The first kappa shape index (κ1) is 18.7. The van der Waals surface area contributed by atoms with E-state index in [2.05, 4.69) is 20.7 Å². The Morgan fingerprint density at radius 1 is 1.10 bits per heavy atom. The minimum Gasteiger partial charge on any atom is -0.508 e. The van der Waals surface area contributed by atoms with Gasteiger partial charge in [-0.25, -0.2) is 4.68 Å². The number of aromatic nitrogens is 3. The standard InChI is InChI=1S/C22H23N5O2/c1-12-5-10-18(13(2)11-12)25-21(29)19-14(3)23-22-24-15(4)26-27(22)20(19)16-6-8-17(28)9-7-16/h5-11,20,28H,1-4H3,(H,25,29)(H,23,24,26)/t20-/m0/s1. The van der Waals surface area contributed by atoms with Gasteiger partial charge >= 0.3 is 0 Å². The zero-order valence-electron chi connectivity index (χ0n) is 16.8. The molecule has 1 aliphatic rings. The molecule has 0 saturated carbocycles. The fraction of sp³-hybridized carbons (Fsp3) is 0.227. The molecule has 0 unspecified atom stereocenters. The molecule has 3 N–H and O–H groups in total. The van der Waals surface area contributed by atoms with Crippen molar-refractivity contribution in [3.8, 4) is 5.75 Å². The maximum atomic E-state index is 13.4. The highest BCUT2D eigenvalue weighted by atomic mass is 16.3. The highest BCUT2D eigenvalue weighted by Gasteiger charge is 2.34. The van der Waals surface area contributed by atoms with E-state index in [0.717, 1.165) is 22.4 Å². The van der Waals surface area contributed by atoms with Gasteiger partial charge < -0.3 is 15.7 Å². The SMILES string of the molecule is CC1=C(C(=O)Nc2ccc(C)cc2C)[C@H](c2ccc(O)cc2)n2nc(C)nc2N1. The number of nitrogens with one attached hydrogen (secondary N) is 2. The van der Waals surface area contributed by atoms with Crippen LogP contribution >= 0.6 is 0 Å². The van der Waals surface area contributed by atoms with Gasteiger partial charge in [-0.1, -0.05) is 29.8 Å². The summed E-state index contributed by atoms with van der Waals surface area (Å²) < 4.78 is 1.71. The van der Waals surface area contributed by atoms with Crippen LogP contribution in [0.3, 0.4) is 0 Å². The molecule has 0 bridgehead atoms. The van der Waals surface area contributed by atoms with Gasteiger partial charge in [0.25, 0.3) is 5.91 Å². The molecule has 1 aromatic heterocycles. The molecule has 7 nitrogen and oxygen atoms in total. The maximum Gasteiger partial charge on any atom is 0.255 e. The van der Waals surface area contributed by atoms with Crippen LogP contribution in [0.4, 0.5) is 11.6 Å². The van der Waals surface area contributed by atoms with Crippen LogP contribution in [0.25, 0.3) is 0 Å². The number of carbonyl (C=O) groups is 1. The highest BCUT2D eigenvalue weighted by molar-refractivity contribution is 6.06. The molecule has 7 heteroatoms. The van der Waals surface area contributed by atoms with Gasteiger partial charge in [0.1, 0.15) is 17.6 Å². The molecule has 0 saturated heterocycles. The van der Waals surface area contributed by atoms with Crippen molar-refractivity contribution in [2.75, 3.05) is 10.6 Å². The number of carbonyl (C=O) groups excluding carboxylic acids is 1. The Morgan fingerprint density at radius 3 is 2.52 bits per heavy atom. The molecule has 3 aromatic rings. The van der Waals surface area contributed by atoms with E-state index in [-0.39, 0.29) is 11.7 Å². The molecule has 2 heterocycles. The summed E-state index contributed by atoms with van der Waals surface area (Å²) in [6, 6.07) is 12.3. The summed E-state index contributed by atoms with van der Waals surface area (Å²) in [6.45, 7) is 7.66. The van der Waals surface area contributed by atoms with E-state index in [4.69, 9.17) is 0 Å². The summed E-state index contributed by atoms with van der Waals surface area (Å²) in [6.07, 6.45) is 0. The van der Waals surface area contributed by atoms with Crippen LogP contribution in [0.1, 0.15) is 35.5 Å². The van der Waals surface area contributed by atoms with Gasteiger partial charge in [-0.15, -0.1) is 0 Å². The monoisotopic (exact) mass is 389 g/mol. The van der Waals surface area contributed by atoms with Crippen molar-refractivity contribution in [3.63, 3.8) is 0 Å². The highest BCUT2D eigenvalue weighted by Crippen LogP contribution is 2.36. The average molecular weight is 389 g/mol. The van der Waals surface area contributed by atoms with Gasteiger partial charge in [-0.3, -0.25) is 4.79 Å². The van der Waals surface area contributed by atoms with Crippen LogP contribution in [0.15, 0.2) is 53.7 Å². The van der Waals surface area contributed by atoms with Gasteiger partial charge in [-0.2, -0.15) is 10.1 Å². The number of phenols is 1. The number of allylic oxidation sites excluding steroid dienone is 1. The van der Waals surface area contributed by atoms with Crippen LogP contribution in [0.2, 0.25) is 0 Å². The number of hydrogen-bond donors (Lipinski definition) is 3. The number of phenolic OH excluding ortho intramolecular Hbond substituents is 1. The van der Waals surface area contributed by atoms with Crippen molar-refractivity contribution < 1.29 is 9.90 Å². The maximum absolute atomic E-state index is 13.4. The van der Waals surface area contributed by atoms with Crippen molar-refractivity contribution in [2.45, 2.75) is 33.7 Å². The van der Waals surface area contributed by atoms with E-state index < -0.39 is 6.04 Å². The lowest BCUT2D eigenvalue weighted by Gasteiger charge is -2.29. The number of rotatable bonds is 3. The Hall–Kier alpha value is -3.61. The number of amides is 1. The summed E-state index contributed by atoms with van der Waals surface area (Å²) in [5.41, 5.74) is 5.00. The number of benzene rings is 2. The number of aromatic hydroxyl groups is 1. The molecule has 0 spiro atoms. The Labute approximate surface area is 169 Å². The second-order valence-corrected chi connectivity index (χ2v) is 7.36. The molecule has 148 valence electrons. The molecule has 4 rings (SSSR count). The zero-order valence-corrected chi connectivity index (χ0v) is 16.8. The van der Waals surface area contributed by atoms with Gasteiger partial charge in [-0.05, 0) is 57.0 Å². The first-order chi connectivity index (χ1) is 13.8. The normalized spacial score (nSPS) is 15.7. The lowest BCUT2D eigenvalue weighted by molar-refractivity contribution is -0.113. The smallest absolute Gasteiger partial charge is 0.255 e. The van der Waals surface area contributed by atoms with Crippen LogP contribution in [-0.4, -0.2) is 25.8 Å². The van der Waals surface area contributed by atoms with Crippen molar-refractivity contribution in [3.05, 3.63) is 76.2 Å². The summed E-state index contributed by atoms with van der Waals surface area (Å²) in [7, 11) is 0. The third-order valence-electron chi connectivity index (χ3n) is 5.04. The molecular formula is C22H23N5O2. The summed E-state index contributed by atoms with van der Waals surface area (Å²) in [5.74, 6) is 1.15. The molecule has 1 atom stereocenters.